The summed E-state index contributed by atoms with van der Waals surface area (Å²) in [4.78, 5) is 0. The third-order valence-electron chi connectivity index (χ3n) is 12.1. The molecule has 0 unspecified atom stereocenters. The van der Waals surface area contributed by atoms with E-state index in [0.29, 0.717) is 0 Å². The predicted molar refractivity (Wildman–Crippen MR) is 228 cm³/mol. The Balaban J connectivity index is 1.12. The lowest BCUT2D eigenvalue weighted by molar-refractivity contribution is 0.648. The Kier molecular flexibility index (Phi) is 6.29. The Morgan fingerprint density at radius 1 is 0.382 bits per heavy atom. The van der Waals surface area contributed by atoms with Gasteiger partial charge in [-0.15, -0.1) is 0 Å². The average molecular weight is 700 g/mol. The summed E-state index contributed by atoms with van der Waals surface area (Å²) in [5.41, 5.74) is 14.7. The number of aromatic nitrogens is 1. The molecule has 2 heterocycles. The highest BCUT2D eigenvalue weighted by Gasteiger charge is 2.47. The third-order valence-corrected chi connectivity index (χ3v) is 12.1. The van der Waals surface area contributed by atoms with Gasteiger partial charge in [0.25, 0.3) is 0 Å². The van der Waals surface area contributed by atoms with Crippen LogP contribution in [0.25, 0.3) is 82.5 Å². The van der Waals surface area contributed by atoms with Crippen molar-refractivity contribution in [3.8, 4) is 27.9 Å². The van der Waals surface area contributed by atoms with Crippen LogP contribution in [-0.2, 0) is 5.41 Å². The minimum atomic E-state index is -0.613. The SMILES string of the molecule is c1ccc2c(c1)-c1ccccc1C2(c1ccc2c(c1)c1ccccc1n2-c1ccc(-c2cccc3ccccc23)cc1)c1cccc2c1oc1ccccc12. The molecule has 256 valence electrons. The van der Waals surface area contributed by atoms with Gasteiger partial charge in [0.05, 0.1) is 16.4 Å². The van der Waals surface area contributed by atoms with Crippen LogP contribution in [0.3, 0.4) is 0 Å². The molecule has 12 rings (SSSR count). The summed E-state index contributed by atoms with van der Waals surface area (Å²) in [6, 6.07) is 73.2. The van der Waals surface area contributed by atoms with Crippen molar-refractivity contribution >= 4 is 54.5 Å². The van der Waals surface area contributed by atoms with E-state index >= 15 is 0 Å². The molecule has 0 bridgehead atoms. The Bertz CT molecular complexity index is 3270. The van der Waals surface area contributed by atoms with Crippen molar-refractivity contribution < 1.29 is 4.42 Å². The van der Waals surface area contributed by atoms with Gasteiger partial charge >= 0.3 is 0 Å². The monoisotopic (exact) mass is 699 g/mol. The lowest BCUT2D eigenvalue weighted by Gasteiger charge is -2.34. The van der Waals surface area contributed by atoms with E-state index in [1.54, 1.807) is 0 Å². The number of furan rings is 1. The maximum Gasteiger partial charge on any atom is 0.140 e. The molecule has 1 aliphatic rings. The van der Waals surface area contributed by atoms with Gasteiger partial charge in [-0.1, -0.05) is 164 Å². The first-order chi connectivity index (χ1) is 27.3. The van der Waals surface area contributed by atoms with Crippen molar-refractivity contribution in [2.24, 2.45) is 0 Å². The normalized spacial score (nSPS) is 13.2. The summed E-state index contributed by atoms with van der Waals surface area (Å²) in [5.74, 6) is 0. The lowest BCUT2D eigenvalue weighted by Crippen LogP contribution is -2.28. The van der Waals surface area contributed by atoms with E-state index in [-0.39, 0.29) is 0 Å². The van der Waals surface area contributed by atoms with Crippen molar-refractivity contribution in [1.82, 2.24) is 4.57 Å². The van der Waals surface area contributed by atoms with Crippen LogP contribution in [0.5, 0.6) is 0 Å². The Labute approximate surface area is 318 Å². The van der Waals surface area contributed by atoms with Gasteiger partial charge < -0.3 is 8.98 Å². The molecular formula is C53H33NO. The van der Waals surface area contributed by atoms with Crippen molar-refractivity contribution in [2.75, 3.05) is 0 Å². The van der Waals surface area contributed by atoms with Crippen molar-refractivity contribution in [2.45, 2.75) is 5.41 Å². The Morgan fingerprint density at radius 2 is 0.964 bits per heavy atom. The number of hydrogen-bond acceptors (Lipinski definition) is 1. The maximum atomic E-state index is 6.85. The molecule has 1 aliphatic carbocycles. The fraction of sp³-hybridized carbons (Fsp3) is 0.0189. The van der Waals surface area contributed by atoms with Crippen LogP contribution >= 0.6 is 0 Å². The standard InChI is InChI=1S/C53H33NO/c1-2-15-38-34(13-1)14-11-20-39(38)35-27-30-37(31-28-35)54-49-25-9-5-18-42(49)45-33-36(29-32-50(45)54)53(46-22-7-3-16-40(46)41-17-4-8-23-47(41)53)48-24-12-21-44-43-19-6-10-26-51(43)55-52(44)48/h1-33H. The van der Waals surface area contributed by atoms with Gasteiger partial charge in [0, 0.05) is 32.8 Å². The molecule has 55 heavy (non-hydrogen) atoms. The van der Waals surface area contributed by atoms with Crippen LogP contribution in [0, 0.1) is 0 Å². The highest BCUT2D eigenvalue weighted by atomic mass is 16.3. The summed E-state index contributed by atoms with van der Waals surface area (Å²) in [7, 11) is 0. The number of nitrogens with zero attached hydrogens (tertiary/aromatic N) is 1. The van der Waals surface area contributed by atoms with Gasteiger partial charge in [-0.2, -0.15) is 0 Å². The van der Waals surface area contributed by atoms with Crippen LogP contribution in [-0.4, -0.2) is 4.57 Å². The Morgan fingerprint density at radius 3 is 1.78 bits per heavy atom. The minimum absolute atomic E-state index is 0.613. The first kappa shape index (κ1) is 30.3. The number of para-hydroxylation sites is 3. The number of fused-ring (bicyclic) bond motifs is 10. The van der Waals surface area contributed by atoms with Crippen LogP contribution in [0.1, 0.15) is 22.3 Å². The first-order valence-corrected chi connectivity index (χ1v) is 19.0. The van der Waals surface area contributed by atoms with E-state index in [1.807, 2.05) is 0 Å². The highest BCUT2D eigenvalue weighted by Crippen LogP contribution is 2.58. The minimum Gasteiger partial charge on any atom is -0.456 e. The number of rotatable bonds is 4. The molecule has 2 heteroatoms. The van der Waals surface area contributed by atoms with Gasteiger partial charge in [-0.05, 0) is 86.1 Å². The zero-order chi connectivity index (χ0) is 36.1. The van der Waals surface area contributed by atoms with Gasteiger partial charge in [-0.3, -0.25) is 0 Å². The largest absolute Gasteiger partial charge is 0.456 e. The second-order valence-corrected chi connectivity index (χ2v) is 14.8. The number of benzene rings is 9. The van der Waals surface area contributed by atoms with E-state index in [4.69, 9.17) is 4.42 Å². The van der Waals surface area contributed by atoms with Gasteiger partial charge in [0.15, 0.2) is 0 Å². The van der Waals surface area contributed by atoms with E-state index < -0.39 is 5.41 Å². The van der Waals surface area contributed by atoms with Crippen LogP contribution in [0.15, 0.2) is 205 Å². The zero-order valence-electron chi connectivity index (χ0n) is 29.9. The number of hydrogen-bond donors (Lipinski definition) is 0. The molecule has 0 radical (unpaired) electrons. The lowest BCUT2D eigenvalue weighted by atomic mass is 9.67. The van der Waals surface area contributed by atoms with Crippen molar-refractivity contribution in [3.63, 3.8) is 0 Å². The van der Waals surface area contributed by atoms with E-state index in [1.165, 1.54) is 71.5 Å². The molecule has 0 saturated heterocycles. The van der Waals surface area contributed by atoms with Crippen molar-refractivity contribution in [1.29, 1.82) is 0 Å². The second-order valence-electron chi connectivity index (χ2n) is 14.8. The molecule has 2 nitrogen and oxygen atoms in total. The first-order valence-electron chi connectivity index (χ1n) is 19.0. The van der Waals surface area contributed by atoms with Gasteiger partial charge in [-0.25, -0.2) is 0 Å². The maximum absolute atomic E-state index is 6.85. The molecule has 0 saturated carbocycles. The van der Waals surface area contributed by atoms with Crippen LogP contribution in [0.2, 0.25) is 0 Å². The van der Waals surface area contributed by atoms with Crippen LogP contribution in [0.4, 0.5) is 0 Å². The molecule has 2 aromatic heterocycles. The van der Waals surface area contributed by atoms with Crippen molar-refractivity contribution in [3.05, 3.63) is 222 Å². The molecular weight excluding hydrogens is 667 g/mol. The summed E-state index contributed by atoms with van der Waals surface area (Å²) >= 11 is 0. The smallest absolute Gasteiger partial charge is 0.140 e. The topological polar surface area (TPSA) is 18.1 Å². The molecule has 0 amide bonds. The summed E-state index contributed by atoms with van der Waals surface area (Å²) < 4.78 is 9.27. The van der Waals surface area contributed by atoms with Gasteiger partial charge in [0.2, 0.25) is 0 Å². The summed E-state index contributed by atoms with van der Waals surface area (Å²) in [6.45, 7) is 0. The zero-order valence-corrected chi connectivity index (χ0v) is 29.9. The van der Waals surface area contributed by atoms with E-state index in [2.05, 4.69) is 205 Å². The Hall–Kier alpha value is -7.16. The molecule has 0 fully saturated rings. The fourth-order valence-corrected chi connectivity index (χ4v) is 9.79. The summed E-state index contributed by atoms with van der Waals surface area (Å²) in [6.07, 6.45) is 0. The van der Waals surface area contributed by atoms with E-state index in [0.717, 1.165) is 33.2 Å². The predicted octanol–water partition coefficient (Wildman–Crippen LogP) is 13.9. The molecule has 9 aromatic carbocycles. The molecule has 0 aliphatic heterocycles. The quantitative estimate of drug-likeness (QED) is 0.179. The molecule has 0 N–H and O–H groups in total. The highest BCUT2D eigenvalue weighted by molar-refractivity contribution is 6.11. The summed E-state index contributed by atoms with van der Waals surface area (Å²) in [5, 5.41) is 7.25. The average Bonchev–Trinajstić information content (AvgIpc) is 3.90. The molecule has 0 atom stereocenters. The second kappa shape index (κ2) is 11.4. The van der Waals surface area contributed by atoms with E-state index in [9.17, 15) is 0 Å². The van der Waals surface area contributed by atoms with Gasteiger partial charge in [0.1, 0.15) is 11.2 Å². The fourth-order valence-electron chi connectivity index (χ4n) is 9.79. The van der Waals surface area contributed by atoms with Crippen LogP contribution < -0.4 is 0 Å². The third kappa shape index (κ3) is 4.14. The molecule has 11 aromatic rings. The molecule has 0 spiro atoms.